The molecular weight excluding hydrogens is 214 g/mol. The Hall–Kier alpha value is -1.64. The fourth-order valence-corrected chi connectivity index (χ4v) is 2.31. The zero-order valence-corrected chi connectivity index (χ0v) is 10.3. The van der Waals surface area contributed by atoms with Crippen molar-refractivity contribution in [3.8, 4) is 0 Å². The van der Waals surface area contributed by atoms with E-state index >= 15 is 0 Å². The molecule has 0 aliphatic carbocycles. The summed E-state index contributed by atoms with van der Waals surface area (Å²) in [5.41, 5.74) is 3.37. The average Bonchev–Trinajstić information content (AvgIpc) is 2.71. The number of nitrogens with zero attached hydrogens (tertiary/aromatic N) is 1. The first-order valence-electron chi connectivity index (χ1n) is 5.98. The molecule has 0 fully saturated rings. The first kappa shape index (κ1) is 11.8. The van der Waals surface area contributed by atoms with E-state index in [2.05, 4.69) is 18.2 Å². The molecular formula is C14H17NO2. The molecule has 1 heterocycles. The standard InChI is InChI=1S/C14H17NO2/c1-10(6-8-16)13-4-3-12-5-7-15(11(2)17)14(12)9-13/h3-4,8-10H,5-7H2,1-2H3. The van der Waals surface area contributed by atoms with Crippen LogP contribution in [0.1, 0.15) is 37.3 Å². The average molecular weight is 231 g/mol. The third-order valence-electron chi connectivity index (χ3n) is 3.40. The van der Waals surface area contributed by atoms with Crippen LogP contribution in [-0.4, -0.2) is 18.7 Å². The van der Waals surface area contributed by atoms with E-state index in [1.54, 1.807) is 6.92 Å². The van der Waals surface area contributed by atoms with Crippen LogP contribution in [0.3, 0.4) is 0 Å². The van der Waals surface area contributed by atoms with Gasteiger partial charge in [0.1, 0.15) is 6.29 Å². The molecule has 0 bridgehead atoms. The summed E-state index contributed by atoms with van der Waals surface area (Å²) in [5, 5.41) is 0. The second kappa shape index (κ2) is 4.70. The number of anilines is 1. The second-order valence-electron chi connectivity index (χ2n) is 4.61. The number of carbonyl (C=O) groups excluding carboxylic acids is 2. The number of aldehydes is 1. The minimum Gasteiger partial charge on any atom is -0.312 e. The van der Waals surface area contributed by atoms with Crippen LogP contribution in [0.2, 0.25) is 0 Å². The van der Waals surface area contributed by atoms with Crippen molar-refractivity contribution in [2.75, 3.05) is 11.4 Å². The molecule has 0 spiro atoms. The molecule has 1 aromatic carbocycles. The molecule has 1 aromatic rings. The van der Waals surface area contributed by atoms with Crippen molar-refractivity contribution in [1.82, 2.24) is 0 Å². The maximum absolute atomic E-state index is 11.5. The van der Waals surface area contributed by atoms with E-state index in [-0.39, 0.29) is 11.8 Å². The topological polar surface area (TPSA) is 37.4 Å². The second-order valence-corrected chi connectivity index (χ2v) is 4.61. The van der Waals surface area contributed by atoms with Crippen molar-refractivity contribution in [1.29, 1.82) is 0 Å². The number of hydrogen-bond acceptors (Lipinski definition) is 2. The maximum Gasteiger partial charge on any atom is 0.223 e. The minimum atomic E-state index is 0.0870. The van der Waals surface area contributed by atoms with Gasteiger partial charge in [-0.3, -0.25) is 4.79 Å². The monoisotopic (exact) mass is 231 g/mol. The number of amides is 1. The predicted molar refractivity (Wildman–Crippen MR) is 67.3 cm³/mol. The molecule has 0 saturated heterocycles. The van der Waals surface area contributed by atoms with Crippen molar-refractivity contribution in [3.05, 3.63) is 29.3 Å². The number of benzene rings is 1. The zero-order valence-electron chi connectivity index (χ0n) is 10.3. The van der Waals surface area contributed by atoms with Gasteiger partial charge in [-0.25, -0.2) is 0 Å². The normalized spacial score (nSPS) is 15.5. The van der Waals surface area contributed by atoms with Crippen molar-refractivity contribution in [2.45, 2.75) is 32.6 Å². The minimum absolute atomic E-state index is 0.0870. The Morgan fingerprint density at radius 2 is 2.29 bits per heavy atom. The molecule has 3 heteroatoms. The Balaban J connectivity index is 2.32. The lowest BCUT2D eigenvalue weighted by atomic mass is 9.96. The summed E-state index contributed by atoms with van der Waals surface area (Å²) in [6, 6.07) is 6.20. The summed E-state index contributed by atoms with van der Waals surface area (Å²) in [4.78, 5) is 23.8. The molecule has 0 saturated carbocycles. The fraction of sp³-hybridized carbons (Fsp3) is 0.429. The van der Waals surface area contributed by atoms with Crippen LogP contribution in [0.4, 0.5) is 5.69 Å². The van der Waals surface area contributed by atoms with Crippen LogP contribution >= 0.6 is 0 Å². The van der Waals surface area contributed by atoms with Crippen molar-refractivity contribution in [2.24, 2.45) is 0 Å². The van der Waals surface area contributed by atoms with Gasteiger partial charge in [-0.05, 0) is 29.5 Å². The van der Waals surface area contributed by atoms with Crippen LogP contribution in [-0.2, 0) is 16.0 Å². The van der Waals surface area contributed by atoms with Crippen LogP contribution in [0.5, 0.6) is 0 Å². The number of fused-ring (bicyclic) bond motifs is 1. The van der Waals surface area contributed by atoms with E-state index in [0.717, 1.165) is 30.5 Å². The first-order chi connectivity index (χ1) is 8.13. The summed E-state index contributed by atoms with van der Waals surface area (Å²) >= 11 is 0. The Morgan fingerprint density at radius 1 is 1.53 bits per heavy atom. The van der Waals surface area contributed by atoms with Crippen LogP contribution < -0.4 is 4.90 Å². The largest absolute Gasteiger partial charge is 0.312 e. The molecule has 1 aliphatic rings. The predicted octanol–water partition coefficient (Wildman–Crippen LogP) is 2.29. The summed E-state index contributed by atoms with van der Waals surface area (Å²) in [5.74, 6) is 0.302. The summed E-state index contributed by atoms with van der Waals surface area (Å²) < 4.78 is 0. The molecule has 0 N–H and O–H groups in total. The molecule has 1 amide bonds. The van der Waals surface area contributed by atoms with E-state index in [9.17, 15) is 9.59 Å². The van der Waals surface area contributed by atoms with E-state index in [1.165, 1.54) is 5.56 Å². The van der Waals surface area contributed by atoms with Gasteiger partial charge in [-0.15, -0.1) is 0 Å². The lowest BCUT2D eigenvalue weighted by Crippen LogP contribution is -2.25. The Labute approximate surface area is 101 Å². The molecule has 17 heavy (non-hydrogen) atoms. The van der Waals surface area contributed by atoms with Crippen LogP contribution in [0.15, 0.2) is 18.2 Å². The van der Waals surface area contributed by atoms with Gasteiger partial charge in [-0.1, -0.05) is 19.1 Å². The highest BCUT2D eigenvalue weighted by Gasteiger charge is 2.22. The molecule has 1 unspecified atom stereocenters. The van der Waals surface area contributed by atoms with Crippen molar-refractivity contribution >= 4 is 17.9 Å². The van der Waals surface area contributed by atoms with E-state index in [4.69, 9.17) is 0 Å². The number of carbonyl (C=O) groups is 2. The lowest BCUT2D eigenvalue weighted by Gasteiger charge is -2.17. The molecule has 90 valence electrons. The third-order valence-corrected chi connectivity index (χ3v) is 3.40. The van der Waals surface area contributed by atoms with E-state index in [0.29, 0.717) is 6.42 Å². The zero-order chi connectivity index (χ0) is 12.4. The van der Waals surface area contributed by atoms with E-state index < -0.39 is 0 Å². The summed E-state index contributed by atoms with van der Waals surface area (Å²) in [6.07, 6.45) is 2.40. The SMILES string of the molecule is CC(=O)N1CCc2ccc(C(C)CC=O)cc21. The van der Waals surface area contributed by atoms with Crippen molar-refractivity contribution in [3.63, 3.8) is 0 Å². The van der Waals surface area contributed by atoms with Gasteiger partial charge >= 0.3 is 0 Å². The quantitative estimate of drug-likeness (QED) is 0.748. The highest BCUT2D eigenvalue weighted by molar-refractivity contribution is 5.93. The number of rotatable bonds is 3. The molecule has 1 aliphatic heterocycles. The van der Waals surface area contributed by atoms with Gasteiger partial charge in [0.25, 0.3) is 0 Å². The molecule has 2 rings (SSSR count). The van der Waals surface area contributed by atoms with Gasteiger partial charge < -0.3 is 9.69 Å². The lowest BCUT2D eigenvalue weighted by molar-refractivity contribution is -0.116. The summed E-state index contributed by atoms with van der Waals surface area (Å²) in [7, 11) is 0. The molecule has 1 atom stereocenters. The highest BCUT2D eigenvalue weighted by Crippen LogP contribution is 2.31. The van der Waals surface area contributed by atoms with Gasteiger partial charge in [0.05, 0.1) is 0 Å². The fourth-order valence-electron chi connectivity index (χ4n) is 2.31. The Kier molecular flexibility index (Phi) is 3.27. The van der Waals surface area contributed by atoms with E-state index in [1.807, 2.05) is 11.8 Å². The highest BCUT2D eigenvalue weighted by atomic mass is 16.2. The third kappa shape index (κ3) is 2.23. The smallest absolute Gasteiger partial charge is 0.223 e. The molecule has 0 aromatic heterocycles. The van der Waals surface area contributed by atoms with Gasteiger partial charge in [0.15, 0.2) is 0 Å². The summed E-state index contributed by atoms with van der Waals surface area (Å²) in [6.45, 7) is 4.40. The maximum atomic E-state index is 11.5. The van der Waals surface area contributed by atoms with Gasteiger partial charge in [-0.2, -0.15) is 0 Å². The van der Waals surface area contributed by atoms with Crippen LogP contribution in [0, 0.1) is 0 Å². The first-order valence-corrected chi connectivity index (χ1v) is 5.98. The van der Waals surface area contributed by atoms with Crippen molar-refractivity contribution < 1.29 is 9.59 Å². The van der Waals surface area contributed by atoms with Gasteiger partial charge in [0, 0.05) is 25.6 Å². The Bertz CT molecular complexity index is 454. The number of hydrogen-bond donors (Lipinski definition) is 0. The Morgan fingerprint density at radius 3 is 2.94 bits per heavy atom. The molecule has 3 nitrogen and oxygen atoms in total. The molecule has 0 radical (unpaired) electrons. The van der Waals surface area contributed by atoms with Crippen LogP contribution in [0.25, 0.3) is 0 Å². The van der Waals surface area contributed by atoms with Gasteiger partial charge in [0.2, 0.25) is 5.91 Å².